The second kappa shape index (κ2) is 4.73. The SMILES string of the molecule is Sc1cccc(Cc2cccc(Cl)c2)c1. The van der Waals surface area contributed by atoms with Gasteiger partial charge in [0.05, 0.1) is 0 Å². The minimum Gasteiger partial charge on any atom is -0.143 e. The maximum atomic E-state index is 5.93. The average molecular weight is 235 g/mol. The third kappa shape index (κ3) is 3.01. The Morgan fingerprint density at radius 1 is 0.933 bits per heavy atom. The molecule has 0 heterocycles. The molecule has 0 amide bonds. The van der Waals surface area contributed by atoms with Crippen molar-refractivity contribution >= 4 is 24.2 Å². The van der Waals surface area contributed by atoms with Gasteiger partial charge in [0.2, 0.25) is 0 Å². The van der Waals surface area contributed by atoms with Gasteiger partial charge in [-0.2, -0.15) is 0 Å². The lowest BCUT2D eigenvalue weighted by molar-refractivity contribution is 1.17. The van der Waals surface area contributed by atoms with Crippen molar-refractivity contribution in [3.63, 3.8) is 0 Å². The predicted molar refractivity (Wildman–Crippen MR) is 68.0 cm³/mol. The zero-order valence-corrected chi connectivity index (χ0v) is 9.80. The first-order valence-corrected chi connectivity index (χ1v) is 5.59. The van der Waals surface area contributed by atoms with E-state index in [1.54, 1.807) is 0 Å². The van der Waals surface area contributed by atoms with Gasteiger partial charge in [-0.05, 0) is 41.8 Å². The highest BCUT2D eigenvalue weighted by atomic mass is 35.5. The quantitative estimate of drug-likeness (QED) is 0.739. The summed E-state index contributed by atoms with van der Waals surface area (Å²) in [5.41, 5.74) is 2.48. The highest BCUT2D eigenvalue weighted by Gasteiger charge is 1.97. The van der Waals surface area contributed by atoms with E-state index in [2.05, 4.69) is 30.8 Å². The van der Waals surface area contributed by atoms with Crippen LogP contribution in [0.3, 0.4) is 0 Å². The molecule has 0 fully saturated rings. The molecule has 0 saturated carbocycles. The van der Waals surface area contributed by atoms with Crippen LogP contribution in [-0.2, 0) is 6.42 Å². The van der Waals surface area contributed by atoms with Gasteiger partial charge in [0, 0.05) is 9.92 Å². The molecular formula is C13H11ClS. The molecule has 0 aliphatic carbocycles. The summed E-state index contributed by atoms with van der Waals surface area (Å²) in [4.78, 5) is 0.995. The Labute approximate surface area is 100 Å². The molecule has 0 bridgehead atoms. The zero-order valence-electron chi connectivity index (χ0n) is 8.15. The Morgan fingerprint density at radius 3 is 2.27 bits per heavy atom. The Balaban J connectivity index is 2.22. The van der Waals surface area contributed by atoms with E-state index in [0.717, 1.165) is 16.3 Å². The molecule has 76 valence electrons. The number of benzene rings is 2. The summed E-state index contributed by atoms with van der Waals surface area (Å²) >= 11 is 10.2. The largest absolute Gasteiger partial charge is 0.143 e. The van der Waals surface area contributed by atoms with Crippen LogP contribution in [0.15, 0.2) is 53.4 Å². The average Bonchev–Trinajstić information content (AvgIpc) is 2.17. The van der Waals surface area contributed by atoms with Crippen LogP contribution in [0.5, 0.6) is 0 Å². The molecule has 0 atom stereocenters. The topological polar surface area (TPSA) is 0 Å². The first-order valence-electron chi connectivity index (χ1n) is 4.76. The summed E-state index contributed by atoms with van der Waals surface area (Å²) in [6.07, 6.45) is 0.898. The molecule has 0 aliphatic rings. The van der Waals surface area contributed by atoms with E-state index in [1.807, 2.05) is 30.3 Å². The maximum absolute atomic E-state index is 5.93. The predicted octanol–water partition coefficient (Wildman–Crippen LogP) is 4.22. The Kier molecular flexibility index (Phi) is 3.34. The number of hydrogen-bond acceptors (Lipinski definition) is 1. The van der Waals surface area contributed by atoms with Gasteiger partial charge in [-0.15, -0.1) is 12.6 Å². The summed E-state index contributed by atoms with van der Waals surface area (Å²) < 4.78 is 0. The molecule has 0 aromatic heterocycles. The Bertz CT molecular complexity index is 422. The first-order chi connectivity index (χ1) is 7.24. The number of hydrogen-bond donors (Lipinski definition) is 1. The molecule has 2 rings (SSSR count). The molecule has 0 spiro atoms. The highest BCUT2D eigenvalue weighted by Crippen LogP contribution is 2.16. The Morgan fingerprint density at radius 2 is 1.60 bits per heavy atom. The minimum atomic E-state index is 0.787. The standard InChI is InChI=1S/C13H11ClS/c14-12-5-1-3-10(8-12)7-11-4-2-6-13(15)9-11/h1-6,8-9,15H,7H2. The van der Waals surface area contributed by atoms with Gasteiger partial charge in [-0.25, -0.2) is 0 Å². The van der Waals surface area contributed by atoms with Crippen molar-refractivity contribution in [1.29, 1.82) is 0 Å². The highest BCUT2D eigenvalue weighted by molar-refractivity contribution is 7.80. The Hall–Kier alpha value is -0.920. The normalized spacial score (nSPS) is 10.3. The van der Waals surface area contributed by atoms with Crippen molar-refractivity contribution in [2.45, 2.75) is 11.3 Å². The van der Waals surface area contributed by atoms with E-state index in [4.69, 9.17) is 11.6 Å². The van der Waals surface area contributed by atoms with Gasteiger partial charge >= 0.3 is 0 Å². The van der Waals surface area contributed by atoms with Crippen molar-refractivity contribution in [2.75, 3.05) is 0 Å². The fourth-order valence-electron chi connectivity index (χ4n) is 1.55. The summed E-state index contributed by atoms with van der Waals surface area (Å²) in [6.45, 7) is 0. The summed E-state index contributed by atoms with van der Waals surface area (Å²) in [5, 5.41) is 0.787. The summed E-state index contributed by atoms with van der Waals surface area (Å²) in [6, 6.07) is 16.1. The van der Waals surface area contributed by atoms with Crippen molar-refractivity contribution in [3.05, 3.63) is 64.7 Å². The van der Waals surface area contributed by atoms with Crippen molar-refractivity contribution in [3.8, 4) is 0 Å². The van der Waals surface area contributed by atoms with Crippen molar-refractivity contribution < 1.29 is 0 Å². The molecule has 2 aromatic rings. The van der Waals surface area contributed by atoms with E-state index < -0.39 is 0 Å². The van der Waals surface area contributed by atoms with Gasteiger partial charge < -0.3 is 0 Å². The molecular weight excluding hydrogens is 224 g/mol. The van der Waals surface area contributed by atoms with Crippen molar-refractivity contribution in [1.82, 2.24) is 0 Å². The van der Waals surface area contributed by atoms with E-state index in [1.165, 1.54) is 11.1 Å². The van der Waals surface area contributed by atoms with Crippen LogP contribution in [0.4, 0.5) is 0 Å². The summed E-state index contributed by atoms with van der Waals surface area (Å²) in [7, 11) is 0. The van der Waals surface area contributed by atoms with Gasteiger partial charge in [0.1, 0.15) is 0 Å². The second-order valence-corrected chi connectivity index (χ2v) is 4.43. The molecule has 15 heavy (non-hydrogen) atoms. The molecule has 0 aliphatic heterocycles. The van der Waals surface area contributed by atoms with Gasteiger partial charge in [-0.1, -0.05) is 35.9 Å². The monoisotopic (exact) mass is 234 g/mol. The van der Waals surface area contributed by atoms with E-state index >= 15 is 0 Å². The molecule has 0 saturated heterocycles. The molecule has 2 aromatic carbocycles. The fourth-order valence-corrected chi connectivity index (χ4v) is 2.01. The lowest BCUT2D eigenvalue weighted by atomic mass is 10.1. The van der Waals surface area contributed by atoms with Crippen LogP contribution in [0, 0.1) is 0 Å². The lowest BCUT2D eigenvalue weighted by Crippen LogP contribution is -1.87. The van der Waals surface area contributed by atoms with Gasteiger partial charge in [0.25, 0.3) is 0 Å². The van der Waals surface area contributed by atoms with Crippen LogP contribution < -0.4 is 0 Å². The van der Waals surface area contributed by atoms with E-state index in [9.17, 15) is 0 Å². The fraction of sp³-hybridized carbons (Fsp3) is 0.0769. The van der Waals surface area contributed by atoms with Crippen LogP contribution in [0.1, 0.15) is 11.1 Å². The third-order valence-corrected chi connectivity index (χ3v) is 2.72. The van der Waals surface area contributed by atoms with Gasteiger partial charge in [0.15, 0.2) is 0 Å². The molecule has 0 unspecified atom stereocenters. The van der Waals surface area contributed by atoms with E-state index in [0.29, 0.717) is 0 Å². The van der Waals surface area contributed by atoms with Crippen molar-refractivity contribution in [2.24, 2.45) is 0 Å². The maximum Gasteiger partial charge on any atom is 0.0408 e. The van der Waals surface area contributed by atoms with Crippen LogP contribution in [-0.4, -0.2) is 0 Å². The van der Waals surface area contributed by atoms with E-state index in [-0.39, 0.29) is 0 Å². The van der Waals surface area contributed by atoms with Crippen LogP contribution >= 0.6 is 24.2 Å². The number of thiol groups is 1. The minimum absolute atomic E-state index is 0.787. The lowest BCUT2D eigenvalue weighted by Gasteiger charge is -2.03. The molecule has 2 heteroatoms. The van der Waals surface area contributed by atoms with Gasteiger partial charge in [-0.3, -0.25) is 0 Å². The smallest absolute Gasteiger partial charge is 0.0408 e. The second-order valence-electron chi connectivity index (χ2n) is 3.48. The number of halogens is 1. The summed E-state index contributed by atoms with van der Waals surface area (Å²) in [5.74, 6) is 0. The first kappa shape index (κ1) is 10.6. The third-order valence-electron chi connectivity index (χ3n) is 2.21. The molecule has 0 radical (unpaired) electrons. The number of rotatable bonds is 2. The molecule has 0 nitrogen and oxygen atoms in total. The van der Waals surface area contributed by atoms with Crippen LogP contribution in [0.2, 0.25) is 5.02 Å². The molecule has 0 N–H and O–H groups in total. The van der Waals surface area contributed by atoms with Crippen LogP contribution in [0.25, 0.3) is 0 Å². The zero-order chi connectivity index (χ0) is 10.7.